The second kappa shape index (κ2) is 5.50. The fourth-order valence-corrected chi connectivity index (χ4v) is 2.36. The van der Waals surface area contributed by atoms with E-state index >= 15 is 0 Å². The van der Waals surface area contributed by atoms with Crippen LogP contribution in [0.4, 0.5) is 15.8 Å². The molecular formula is C11H9ClFN3O2S. The molecule has 0 spiro atoms. The molecule has 0 saturated heterocycles. The topological polar surface area (TPSA) is 68.1 Å². The van der Waals surface area contributed by atoms with Crippen molar-refractivity contribution in [1.29, 1.82) is 0 Å². The van der Waals surface area contributed by atoms with Crippen molar-refractivity contribution in [2.24, 2.45) is 0 Å². The fourth-order valence-electron chi connectivity index (χ4n) is 1.48. The predicted octanol–water partition coefficient (Wildman–Crippen LogP) is 3.76. The quantitative estimate of drug-likeness (QED) is 0.689. The molecule has 0 bridgehead atoms. The molecule has 0 amide bonds. The van der Waals surface area contributed by atoms with Crippen molar-refractivity contribution in [1.82, 2.24) is 4.98 Å². The zero-order chi connectivity index (χ0) is 14.0. The van der Waals surface area contributed by atoms with Crippen molar-refractivity contribution >= 4 is 34.3 Å². The van der Waals surface area contributed by atoms with Crippen LogP contribution in [0, 0.1) is 22.9 Å². The van der Waals surface area contributed by atoms with Crippen LogP contribution in [0.3, 0.4) is 0 Å². The molecule has 0 radical (unpaired) electrons. The van der Waals surface area contributed by atoms with E-state index in [2.05, 4.69) is 10.3 Å². The summed E-state index contributed by atoms with van der Waals surface area (Å²) in [6, 6.07) is 2.01. The average molecular weight is 302 g/mol. The maximum absolute atomic E-state index is 13.2. The number of aryl methyl sites for hydroxylation is 1. The predicted molar refractivity (Wildman–Crippen MR) is 72.2 cm³/mol. The Bertz CT molecular complexity index is 632. The number of nitrogens with one attached hydrogen (secondary N) is 1. The second-order valence-electron chi connectivity index (χ2n) is 3.78. The second-order valence-corrected chi connectivity index (χ2v) is 5.13. The molecule has 2 aromatic rings. The first-order valence-corrected chi connectivity index (χ1v) is 6.51. The van der Waals surface area contributed by atoms with Crippen molar-refractivity contribution in [2.45, 2.75) is 13.5 Å². The minimum absolute atomic E-state index is 0.164. The van der Waals surface area contributed by atoms with E-state index in [0.717, 1.165) is 16.8 Å². The monoisotopic (exact) mass is 301 g/mol. The Morgan fingerprint density at radius 1 is 1.58 bits per heavy atom. The normalized spacial score (nSPS) is 10.5. The minimum atomic E-state index is -0.816. The summed E-state index contributed by atoms with van der Waals surface area (Å²) < 4.78 is 13.2. The number of nitro benzene ring substituents is 1. The number of nitro groups is 1. The van der Waals surface area contributed by atoms with Crippen LogP contribution in [0.5, 0.6) is 0 Å². The number of anilines is 1. The first kappa shape index (κ1) is 13.7. The Morgan fingerprint density at radius 3 is 2.89 bits per heavy atom. The Balaban J connectivity index is 2.23. The molecule has 8 heteroatoms. The van der Waals surface area contributed by atoms with E-state index in [1.165, 1.54) is 17.4 Å². The van der Waals surface area contributed by atoms with Gasteiger partial charge < -0.3 is 5.32 Å². The molecule has 0 aliphatic rings. The number of hydrogen-bond donors (Lipinski definition) is 1. The van der Waals surface area contributed by atoms with E-state index in [-0.39, 0.29) is 16.4 Å². The van der Waals surface area contributed by atoms with Gasteiger partial charge in [-0.1, -0.05) is 11.6 Å². The van der Waals surface area contributed by atoms with Crippen molar-refractivity contribution in [2.75, 3.05) is 5.32 Å². The lowest BCUT2D eigenvalue weighted by Crippen LogP contribution is -2.03. The molecule has 5 nitrogen and oxygen atoms in total. The van der Waals surface area contributed by atoms with Gasteiger partial charge >= 0.3 is 0 Å². The van der Waals surface area contributed by atoms with Crippen molar-refractivity contribution in [3.8, 4) is 0 Å². The summed E-state index contributed by atoms with van der Waals surface area (Å²) in [6.07, 6.45) is 0. The van der Waals surface area contributed by atoms with Crippen molar-refractivity contribution in [3.63, 3.8) is 0 Å². The van der Waals surface area contributed by atoms with E-state index in [1.807, 2.05) is 12.3 Å². The molecule has 1 aromatic carbocycles. The third-order valence-corrected chi connectivity index (χ3v) is 3.59. The molecular weight excluding hydrogens is 293 g/mol. The SMILES string of the molecule is Cc1csc(CNc2cc(Cl)c(F)cc2[N+](=O)[O-])n1. The van der Waals surface area contributed by atoms with E-state index in [1.54, 1.807) is 0 Å². The lowest BCUT2D eigenvalue weighted by atomic mass is 10.2. The number of thiazole rings is 1. The van der Waals surface area contributed by atoms with Gasteiger partial charge in [-0.2, -0.15) is 0 Å². The summed E-state index contributed by atoms with van der Waals surface area (Å²) in [7, 11) is 0. The molecule has 1 N–H and O–H groups in total. The highest BCUT2D eigenvalue weighted by molar-refractivity contribution is 7.09. The Kier molecular flexibility index (Phi) is 3.96. The molecule has 0 fully saturated rings. The summed E-state index contributed by atoms with van der Waals surface area (Å²) >= 11 is 7.07. The highest BCUT2D eigenvalue weighted by Gasteiger charge is 2.17. The van der Waals surface area contributed by atoms with Crippen LogP contribution in [0.2, 0.25) is 5.02 Å². The third kappa shape index (κ3) is 3.18. The van der Waals surface area contributed by atoms with Crippen LogP contribution >= 0.6 is 22.9 Å². The van der Waals surface area contributed by atoms with Crippen LogP contribution in [0.1, 0.15) is 10.7 Å². The maximum atomic E-state index is 13.2. The lowest BCUT2D eigenvalue weighted by molar-refractivity contribution is -0.384. The van der Waals surface area contributed by atoms with Crippen molar-refractivity contribution in [3.05, 3.63) is 49.2 Å². The number of halogens is 2. The Labute approximate surface area is 117 Å². The summed E-state index contributed by atoms with van der Waals surface area (Å²) in [6.45, 7) is 2.18. The molecule has 0 saturated carbocycles. The van der Waals surface area contributed by atoms with Gasteiger partial charge in [0.05, 0.1) is 22.6 Å². The van der Waals surface area contributed by atoms with E-state index < -0.39 is 10.7 Å². The molecule has 1 heterocycles. The molecule has 19 heavy (non-hydrogen) atoms. The first-order chi connectivity index (χ1) is 8.97. The lowest BCUT2D eigenvalue weighted by Gasteiger charge is -2.06. The molecule has 0 aliphatic carbocycles. The van der Waals surface area contributed by atoms with E-state index in [0.29, 0.717) is 6.54 Å². The van der Waals surface area contributed by atoms with Crippen LogP contribution < -0.4 is 5.32 Å². The highest BCUT2D eigenvalue weighted by Crippen LogP contribution is 2.30. The summed E-state index contributed by atoms with van der Waals surface area (Å²) in [4.78, 5) is 14.4. The average Bonchev–Trinajstić information content (AvgIpc) is 2.76. The van der Waals surface area contributed by atoms with Crippen LogP contribution in [-0.4, -0.2) is 9.91 Å². The number of nitrogens with zero attached hydrogens (tertiary/aromatic N) is 2. The van der Waals surface area contributed by atoms with E-state index in [4.69, 9.17) is 11.6 Å². The number of hydrogen-bond acceptors (Lipinski definition) is 5. The van der Waals surface area contributed by atoms with Crippen LogP contribution in [-0.2, 0) is 6.54 Å². The first-order valence-electron chi connectivity index (χ1n) is 5.25. The van der Waals surface area contributed by atoms with Crippen molar-refractivity contribution < 1.29 is 9.31 Å². The van der Waals surface area contributed by atoms with E-state index in [9.17, 15) is 14.5 Å². The number of aromatic nitrogens is 1. The zero-order valence-electron chi connectivity index (χ0n) is 9.81. The van der Waals surface area contributed by atoms with Gasteiger partial charge in [0, 0.05) is 11.1 Å². The number of rotatable bonds is 4. The van der Waals surface area contributed by atoms with Crippen LogP contribution in [0.25, 0.3) is 0 Å². The smallest absolute Gasteiger partial charge is 0.295 e. The summed E-state index contributed by atoms with van der Waals surface area (Å²) in [5.41, 5.74) is 0.702. The standard InChI is InChI=1S/C11H9ClFN3O2S/c1-6-5-19-11(15-6)4-14-9-2-7(12)8(13)3-10(9)16(17)18/h2-3,5,14H,4H2,1H3. The third-order valence-electron chi connectivity index (χ3n) is 2.33. The van der Waals surface area contributed by atoms with Gasteiger partial charge in [-0.15, -0.1) is 11.3 Å². The van der Waals surface area contributed by atoms with Gasteiger partial charge in [0.15, 0.2) is 0 Å². The largest absolute Gasteiger partial charge is 0.373 e. The van der Waals surface area contributed by atoms with Gasteiger partial charge in [0.25, 0.3) is 5.69 Å². The molecule has 0 unspecified atom stereocenters. The van der Waals surface area contributed by atoms with Gasteiger partial charge in [-0.25, -0.2) is 9.37 Å². The van der Waals surface area contributed by atoms with Gasteiger partial charge in [-0.05, 0) is 13.0 Å². The van der Waals surface area contributed by atoms with Gasteiger partial charge in [0.2, 0.25) is 0 Å². The summed E-state index contributed by atoms with van der Waals surface area (Å²) in [5, 5.41) is 16.2. The fraction of sp³-hybridized carbons (Fsp3) is 0.182. The zero-order valence-corrected chi connectivity index (χ0v) is 11.4. The summed E-state index contributed by atoms with van der Waals surface area (Å²) in [5.74, 6) is -0.816. The van der Waals surface area contributed by atoms with Crippen LogP contribution in [0.15, 0.2) is 17.5 Å². The molecule has 1 aromatic heterocycles. The maximum Gasteiger partial charge on any atom is 0.295 e. The molecule has 0 atom stereocenters. The Hall–Kier alpha value is -1.73. The number of benzene rings is 1. The molecule has 100 valence electrons. The van der Waals surface area contributed by atoms with Gasteiger partial charge in [0.1, 0.15) is 16.5 Å². The minimum Gasteiger partial charge on any atom is -0.373 e. The Morgan fingerprint density at radius 2 is 2.32 bits per heavy atom. The molecule has 0 aliphatic heterocycles. The van der Waals surface area contributed by atoms with Gasteiger partial charge in [-0.3, -0.25) is 10.1 Å². The highest BCUT2D eigenvalue weighted by atomic mass is 35.5. The molecule has 2 rings (SSSR count).